The average molecular weight is 426 g/mol. The number of fused-ring (bicyclic) bond motifs is 1. The maximum Gasteiger partial charge on any atom is 0.247 e. The highest BCUT2D eigenvalue weighted by Gasteiger charge is 2.24. The van der Waals surface area contributed by atoms with Crippen molar-refractivity contribution in [2.45, 2.75) is 25.7 Å². The Bertz CT molecular complexity index is 1350. The predicted molar refractivity (Wildman–Crippen MR) is 117 cm³/mol. The summed E-state index contributed by atoms with van der Waals surface area (Å²) >= 11 is 0. The van der Waals surface area contributed by atoms with Crippen molar-refractivity contribution in [3.05, 3.63) is 71.8 Å². The maximum absolute atomic E-state index is 13.8. The van der Waals surface area contributed by atoms with Crippen molar-refractivity contribution in [1.29, 1.82) is 5.26 Å². The van der Waals surface area contributed by atoms with Crippen LogP contribution in [0.25, 0.3) is 16.9 Å². The molecule has 0 aliphatic heterocycles. The number of nitrogens with one attached hydrogen (secondary N) is 1. The quantitative estimate of drug-likeness (QED) is 0.469. The first-order chi connectivity index (χ1) is 15.6. The summed E-state index contributed by atoms with van der Waals surface area (Å²) in [5.41, 5.74) is 3.30. The van der Waals surface area contributed by atoms with Crippen molar-refractivity contribution in [2.75, 3.05) is 5.32 Å². The number of hydrogen-bond donors (Lipinski definition) is 1. The van der Waals surface area contributed by atoms with Crippen LogP contribution in [0.2, 0.25) is 0 Å². The van der Waals surface area contributed by atoms with Crippen LogP contribution in [0.4, 0.5) is 16.0 Å². The highest BCUT2D eigenvalue weighted by Crippen LogP contribution is 2.33. The summed E-state index contributed by atoms with van der Waals surface area (Å²) in [7, 11) is 0. The monoisotopic (exact) mass is 426 g/mol. The molecule has 1 saturated carbocycles. The molecule has 1 N–H and O–H groups in total. The minimum atomic E-state index is -0.608. The number of nitrogens with zero attached hydrogens (tertiary/aromatic N) is 5. The fraction of sp³-hybridized carbons (Fsp3) is 0.208. The molecule has 1 aliphatic carbocycles. The van der Waals surface area contributed by atoms with Gasteiger partial charge < -0.3 is 5.32 Å². The number of benzene rings is 2. The zero-order valence-corrected chi connectivity index (χ0v) is 17.1. The molecule has 2 heterocycles. The largest absolute Gasteiger partial charge is 0.322 e. The second-order valence-corrected chi connectivity index (χ2v) is 7.97. The number of halogens is 1. The summed E-state index contributed by atoms with van der Waals surface area (Å²) in [5.74, 6) is 0.519. The predicted octanol–water partition coefficient (Wildman–Crippen LogP) is 4.46. The van der Waals surface area contributed by atoms with Gasteiger partial charge in [0, 0.05) is 18.4 Å². The molecular formula is C24H19FN6O. The van der Waals surface area contributed by atoms with Gasteiger partial charge in [0.05, 0.1) is 23.8 Å². The van der Waals surface area contributed by atoms with Crippen molar-refractivity contribution in [3.8, 4) is 17.3 Å². The van der Waals surface area contributed by atoms with Gasteiger partial charge in [-0.2, -0.15) is 10.2 Å². The molecule has 0 spiro atoms. The average Bonchev–Trinajstić information content (AvgIpc) is 3.50. The van der Waals surface area contributed by atoms with Crippen LogP contribution < -0.4 is 5.32 Å². The summed E-state index contributed by atoms with van der Waals surface area (Å²) in [6.45, 7) is 0. The lowest BCUT2D eigenvalue weighted by Gasteiger charge is -2.04. The number of ketones is 1. The molecule has 2 aromatic carbocycles. The molecule has 32 heavy (non-hydrogen) atoms. The molecule has 0 radical (unpaired) electrons. The molecule has 0 atom stereocenters. The molecule has 0 unspecified atom stereocenters. The lowest BCUT2D eigenvalue weighted by atomic mass is 10.0. The van der Waals surface area contributed by atoms with Crippen LogP contribution in [-0.2, 0) is 11.2 Å². The fourth-order valence-corrected chi connectivity index (χ4v) is 3.60. The first-order valence-electron chi connectivity index (χ1n) is 10.4. The molecule has 0 amide bonds. The van der Waals surface area contributed by atoms with Crippen LogP contribution in [0, 0.1) is 23.1 Å². The van der Waals surface area contributed by atoms with E-state index in [0.717, 1.165) is 11.1 Å². The van der Waals surface area contributed by atoms with E-state index >= 15 is 0 Å². The topological polar surface area (TPSA) is 96.0 Å². The van der Waals surface area contributed by atoms with Gasteiger partial charge in [0.15, 0.2) is 5.65 Å². The van der Waals surface area contributed by atoms with E-state index in [1.54, 1.807) is 23.0 Å². The van der Waals surface area contributed by atoms with Gasteiger partial charge in [-0.1, -0.05) is 30.3 Å². The van der Waals surface area contributed by atoms with Crippen LogP contribution in [0.5, 0.6) is 0 Å². The first-order valence-corrected chi connectivity index (χ1v) is 10.4. The Kier molecular flexibility index (Phi) is 5.07. The summed E-state index contributed by atoms with van der Waals surface area (Å²) in [4.78, 5) is 20.9. The van der Waals surface area contributed by atoms with E-state index in [-0.39, 0.29) is 11.5 Å². The Morgan fingerprint density at radius 2 is 2.03 bits per heavy atom. The molecule has 158 valence electrons. The fourth-order valence-electron chi connectivity index (χ4n) is 3.60. The number of hydrogen-bond acceptors (Lipinski definition) is 6. The molecule has 1 aliphatic rings. The van der Waals surface area contributed by atoms with Crippen molar-refractivity contribution >= 4 is 23.1 Å². The number of aromatic nitrogens is 4. The van der Waals surface area contributed by atoms with E-state index in [9.17, 15) is 14.4 Å². The minimum absolute atomic E-state index is 0.0964. The van der Waals surface area contributed by atoms with E-state index in [2.05, 4.69) is 20.4 Å². The van der Waals surface area contributed by atoms with Crippen molar-refractivity contribution in [3.63, 3.8) is 0 Å². The van der Waals surface area contributed by atoms with Gasteiger partial charge in [-0.05, 0) is 36.5 Å². The Labute approximate surface area is 183 Å². The molecule has 0 saturated heterocycles. The molecule has 0 bridgehead atoms. The summed E-state index contributed by atoms with van der Waals surface area (Å²) in [6.07, 6.45) is 6.86. The van der Waals surface area contributed by atoms with E-state index < -0.39 is 5.82 Å². The molecule has 4 aromatic rings. The summed E-state index contributed by atoms with van der Waals surface area (Å²) in [6, 6.07) is 14.0. The zero-order chi connectivity index (χ0) is 22.1. The van der Waals surface area contributed by atoms with Crippen LogP contribution in [0.3, 0.4) is 0 Å². The highest BCUT2D eigenvalue weighted by atomic mass is 19.1. The number of nitriles is 1. The standard InChI is InChI=1S/C24H19FN6O/c25-20-2-1-3-21(19(20)12-26)28-24-29-23-13-27-22(14-31(23)30-24)17-8-6-16(7-9-17)11-18(32)10-15-4-5-15/h1-3,6-9,13-15H,4-5,10-11H2,(H,28,30). The van der Waals surface area contributed by atoms with Crippen LogP contribution in [-0.4, -0.2) is 25.4 Å². The Morgan fingerprint density at radius 3 is 2.78 bits per heavy atom. The third-order valence-electron chi connectivity index (χ3n) is 5.46. The van der Waals surface area contributed by atoms with Gasteiger partial charge in [0.1, 0.15) is 23.2 Å². The number of anilines is 2. The SMILES string of the molecule is N#Cc1c(F)cccc1Nc1nc2cnc(-c3ccc(CC(=O)CC4CC4)cc3)cn2n1. The zero-order valence-electron chi connectivity index (χ0n) is 17.1. The molecule has 8 heteroatoms. The van der Waals surface area contributed by atoms with Crippen molar-refractivity contribution in [1.82, 2.24) is 19.6 Å². The maximum atomic E-state index is 13.8. The van der Waals surface area contributed by atoms with Crippen LogP contribution >= 0.6 is 0 Å². The van der Waals surface area contributed by atoms with Crippen LogP contribution in [0.1, 0.15) is 30.4 Å². The Morgan fingerprint density at radius 1 is 1.22 bits per heavy atom. The molecule has 1 fully saturated rings. The number of carbonyl (C=O) groups is 1. The van der Waals surface area contributed by atoms with Gasteiger partial charge in [-0.3, -0.25) is 9.78 Å². The lowest BCUT2D eigenvalue weighted by molar-refractivity contribution is -0.118. The first kappa shape index (κ1) is 19.8. The van der Waals surface area contributed by atoms with Crippen molar-refractivity contribution < 1.29 is 9.18 Å². The second kappa shape index (κ2) is 8.19. The van der Waals surface area contributed by atoms with E-state index in [4.69, 9.17) is 0 Å². The normalized spacial score (nSPS) is 13.1. The van der Waals surface area contributed by atoms with Crippen LogP contribution in [0.15, 0.2) is 54.9 Å². The van der Waals surface area contributed by atoms with E-state index in [1.807, 2.05) is 30.3 Å². The smallest absolute Gasteiger partial charge is 0.247 e. The summed E-state index contributed by atoms with van der Waals surface area (Å²) < 4.78 is 15.4. The third-order valence-corrected chi connectivity index (χ3v) is 5.46. The Balaban J connectivity index is 1.34. The molecule has 5 rings (SSSR count). The Hall–Kier alpha value is -4.12. The molecule has 7 nitrogen and oxygen atoms in total. The van der Waals surface area contributed by atoms with Gasteiger partial charge >= 0.3 is 0 Å². The number of carbonyl (C=O) groups excluding carboxylic acids is 1. The number of rotatable bonds is 7. The summed E-state index contributed by atoms with van der Waals surface area (Å²) in [5, 5.41) is 16.4. The van der Waals surface area contributed by atoms with E-state index in [1.165, 1.54) is 25.0 Å². The van der Waals surface area contributed by atoms with Gasteiger partial charge in [-0.15, -0.1) is 5.10 Å². The van der Waals surface area contributed by atoms with Gasteiger partial charge in [0.25, 0.3) is 0 Å². The molecular weight excluding hydrogens is 407 g/mol. The van der Waals surface area contributed by atoms with Crippen molar-refractivity contribution in [2.24, 2.45) is 5.92 Å². The third kappa shape index (κ3) is 4.18. The van der Waals surface area contributed by atoms with Gasteiger partial charge in [0.2, 0.25) is 5.95 Å². The second-order valence-electron chi connectivity index (χ2n) is 7.97. The van der Waals surface area contributed by atoms with E-state index in [0.29, 0.717) is 41.6 Å². The number of Topliss-reactive ketones (excluding diaryl/α,β-unsaturated/α-hetero) is 1. The minimum Gasteiger partial charge on any atom is -0.322 e. The van der Waals surface area contributed by atoms with Gasteiger partial charge in [-0.25, -0.2) is 8.91 Å². The highest BCUT2D eigenvalue weighted by molar-refractivity contribution is 5.81. The lowest BCUT2D eigenvalue weighted by Crippen LogP contribution is -2.03. The molecule has 2 aromatic heterocycles.